The molecule has 0 aromatic carbocycles. The molecular weight excluding hydrogens is 162 g/mol. The van der Waals surface area contributed by atoms with Crippen molar-refractivity contribution in [2.24, 2.45) is 0 Å². The lowest BCUT2D eigenvalue weighted by molar-refractivity contribution is 1.03. The number of aryl methyl sites for hydroxylation is 1. The SMILES string of the molecule is C=C(Cl)/C=C\c1n[nH]c(C)n1. The number of hydrogen-bond acceptors (Lipinski definition) is 2. The van der Waals surface area contributed by atoms with Crippen molar-refractivity contribution in [1.29, 1.82) is 0 Å². The van der Waals surface area contributed by atoms with Crippen LogP contribution in [0.5, 0.6) is 0 Å². The van der Waals surface area contributed by atoms with Gasteiger partial charge >= 0.3 is 0 Å². The van der Waals surface area contributed by atoms with Crippen LogP contribution in [-0.2, 0) is 0 Å². The first-order chi connectivity index (χ1) is 5.18. The van der Waals surface area contributed by atoms with Gasteiger partial charge in [-0.15, -0.1) is 0 Å². The summed E-state index contributed by atoms with van der Waals surface area (Å²) < 4.78 is 0. The van der Waals surface area contributed by atoms with Gasteiger partial charge in [0.15, 0.2) is 5.82 Å². The van der Waals surface area contributed by atoms with E-state index in [4.69, 9.17) is 11.6 Å². The molecule has 1 heterocycles. The second-order valence-corrected chi connectivity index (χ2v) is 2.54. The zero-order chi connectivity index (χ0) is 8.27. The summed E-state index contributed by atoms with van der Waals surface area (Å²) in [5.74, 6) is 1.40. The second kappa shape index (κ2) is 3.34. The quantitative estimate of drug-likeness (QED) is 0.687. The Morgan fingerprint density at radius 3 is 2.91 bits per heavy atom. The van der Waals surface area contributed by atoms with E-state index in [1.54, 1.807) is 12.2 Å². The van der Waals surface area contributed by atoms with E-state index in [2.05, 4.69) is 21.8 Å². The summed E-state index contributed by atoms with van der Waals surface area (Å²) in [7, 11) is 0. The van der Waals surface area contributed by atoms with Gasteiger partial charge in [0.25, 0.3) is 0 Å². The van der Waals surface area contributed by atoms with Gasteiger partial charge in [-0.3, -0.25) is 5.10 Å². The summed E-state index contributed by atoms with van der Waals surface area (Å²) in [6.07, 6.45) is 3.34. The highest BCUT2D eigenvalue weighted by Crippen LogP contribution is 2.01. The van der Waals surface area contributed by atoms with E-state index in [-0.39, 0.29) is 0 Å². The molecule has 4 heteroatoms. The predicted molar refractivity (Wildman–Crippen MR) is 45.1 cm³/mol. The van der Waals surface area contributed by atoms with E-state index in [9.17, 15) is 0 Å². The van der Waals surface area contributed by atoms with Crippen molar-refractivity contribution in [3.05, 3.63) is 29.3 Å². The number of allylic oxidation sites excluding steroid dienone is 2. The first-order valence-corrected chi connectivity index (χ1v) is 3.48. The van der Waals surface area contributed by atoms with Crippen molar-refractivity contribution >= 4 is 17.7 Å². The molecule has 0 spiro atoms. The van der Waals surface area contributed by atoms with E-state index in [1.807, 2.05) is 6.92 Å². The average molecular weight is 170 g/mol. The Hall–Kier alpha value is -1.09. The lowest BCUT2D eigenvalue weighted by atomic mass is 10.4. The Labute approximate surface area is 69.8 Å². The molecule has 58 valence electrons. The van der Waals surface area contributed by atoms with Gasteiger partial charge in [-0.1, -0.05) is 18.2 Å². The molecule has 0 fully saturated rings. The van der Waals surface area contributed by atoms with Crippen LogP contribution in [0.3, 0.4) is 0 Å². The Bertz CT molecular complexity index is 288. The van der Waals surface area contributed by atoms with Crippen molar-refractivity contribution in [1.82, 2.24) is 15.2 Å². The lowest BCUT2D eigenvalue weighted by Gasteiger charge is -1.79. The molecule has 0 atom stereocenters. The molecule has 1 aromatic heterocycles. The third kappa shape index (κ3) is 2.55. The molecule has 0 bridgehead atoms. The Kier molecular flexibility index (Phi) is 2.44. The minimum atomic E-state index is 0.465. The van der Waals surface area contributed by atoms with Crippen LogP contribution in [-0.4, -0.2) is 15.2 Å². The van der Waals surface area contributed by atoms with Crippen LogP contribution in [0, 0.1) is 6.92 Å². The fourth-order valence-corrected chi connectivity index (χ4v) is 0.662. The summed E-state index contributed by atoms with van der Waals surface area (Å²) >= 11 is 5.49. The number of hydrogen-bond donors (Lipinski definition) is 1. The molecule has 0 radical (unpaired) electrons. The number of halogens is 1. The summed E-state index contributed by atoms with van der Waals surface area (Å²) in [6, 6.07) is 0. The van der Waals surface area contributed by atoms with Gasteiger partial charge < -0.3 is 0 Å². The van der Waals surface area contributed by atoms with E-state index < -0.39 is 0 Å². The van der Waals surface area contributed by atoms with E-state index in [1.165, 1.54) is 0 Å². The molecule has 0 saturated carbocycles. The lowest BCUT2D eigenvalue weighted by Crippen LogP contribution is -1.73. The maximum Gasteiger partial charge on any atom is 0.173 e. The van der Waals surface area contributed by atoms with Gasteiger partial charge in [0.05, 0.1) is 0 Å². The fraction of sp³-hybridized carbons (Fsp3) is 0.143. The van der Waals surface area contributed by atoms with Crippen LogP contribution in [0.25, 0.3) is 6.08 Å². The highest BCUT2D eigenvalue weighted by molar-refractivity contribution is 6.31. The third-order valence-corrected chi connectivity index (χ3v) is 1.15. The summed E-state index contributed by atoms with van der Waals surface area (Å²) in [5, 5.41) is 7.04. The van der Waals surface area contributed by atoms with E-state index in [0.717, 1.165) is 5.82 Å². The number of nitrogens with one attached hydrogen (secondary N) is 1. The van der Waals surface area contributed by atoms with Crippen LogP contribution in [0.15, 0.2) is 17.7 Å². The first-order valence-electron chi connectivity index (χ1n) is 3.10. The zero-order valence-corrected chi connectivity index (χ0v) is 6.89. The molecular formula is C7H8ClN3. The van der Waals surface area contributed by atoms with Crippen LogP contribution >= 0.6 is 11.6 Å². The monoisotopic (exact) mass is 169 g/mol. The molecule has 0 aliphatic heterocycles. The number of aromatic nitrogens is 3. The van der Waals surface area contributed by atoms with Crippen molar-refractivity contribution < 1.29 is 0 Å². The molecule has 0 amide bonds. The van der Waals surface area contributed by atoms with Crippen molar-refractivity contribution in [2.75, 3.05) is 0 Å². The van der Waals surface area contributed by atoms with Crippen molar-refractivity contribution in [3.8, 4) is 0 Å². The molecule has 0 aliphatic carbocycles. The van der Waals surface area contributed by atoms with Gasteiger partial charge in [0.2, 0.25) is 0 Å². The third-order valence-electron chi connectivity index (χ3n) is 1.03. The standard InChI is InChI=1S/C7H8ClN3/c1-5(8)3-4-7-9-6(2)10-11-7/h3-4H,1H2,2H3,(H,9,10,11)/b4-3-. The first kappa shape index (κ1) is 8.01. The van der Waals surface area contributed by atoms with Gasteiger partial charge in [-0.25, -0.2) is 4.98 Å². The highest BCUT2D eigenvalue weighted by Gasteiger charge is 1.92. The molecule has 1 aromatic rings. The molecule has 0 saturated heterocycles. The van der Waals surface area contributed by atoms with Crippen LogP contribution < -0.4 is 0 Å². The Morgan fingerprint density at radius 2 is 2.45 bits per heavy atom. The summed E-state index contributed by atoms with van der Waals surface area (Å²) in [5.41, 5.74) is 0. The van der Waals surface area contributed by atoms with Gasteiger partial charge in [-0.2, -0.15) is 5.10 Å². The van der Waals surface area contributed by atoms with Crippen molar-refractivity contribution in [2.45, 2.75) is 6.92 Å². The highest BCUT2D eigenvalue weighted by atomic mass is 35.5. The van der Waals surface area contributed by atoms with Crippen molar-refractivity contribution in [3.63, 3.8) is 0 Å². The number of H-pyrrole nitrogens is 1. The van der Waals surface area contributed by atoms with Gasteiger partial charge in [0, 0.05) is 5.03 Å². The summed E-state index contributed by atoms with van der Waals surface area (Å²) in [6.45, 7) is 5.32. The normalized spacial score (nSPS) is 10.7. The smallest absolute Gasteiger partial charge is 0.173 e. The molecule has 0 aliphatic rings. The second-order valence-electron chi connectivity index (χ2n) is 2.06. The van der Waals surface area contributed by atoms with Crippen LogP contribution in [0.2, 0.25) is 0 Å². The minimum absolute atomic E-state index is 0.465. The predicted octanol–water partition coefficient (Wildman–Crippen LogP) is 1.88. The fourth-order valence-electron chi connectivity index (χ4n) is 0.599. The van der Waals surface area contributed by atoms with Gasteiger partial charge in [-0.05, 0) is 19.1 Å². The molecule has 11 heavy (non-hydrogen) atoms. The van der Waals surface area contributed by atoms with Gasteiger partial charge in [0.1, 0.15) is 5.82 Å². The number of aromatic amines is 1. The number of rotatable bonds is 2. The minimum Gasteiger partial charge on any atom is -0.263 e. The Morgan fingerprint density at radius 1 is 1.73 bits per heavy atom. The molecule has 1 N–H and O–H groups in total. The average Bonchev–Trinajstić information content (AvgIpc) is 2.31. The summed E-state index contributed by atoms with van der Waals surface area (Å²) in [4.78, 5) is 4.03. The van der Waals surface area contributed by atoms with E-state index >= 15 is 0 Å². The van der Waals surface area contributed by atoms with E-state index in [0.29, 0.717) is 10.9 Å². The molecule has 0 unspecified atom stereocenters. The Balaban J connectivity index is 2.71. The maximum absolute atomic E-state index is 5.49. The zero-order valence-electron chi connectivity index (χ0n) is 6.13. The molecule has 1 rings (SSSR count). The largest absolute Gasteiger partial charge is 0.263 e. The van der Waals surface area contributed by atoms with Crippen LogP contribution in [0.4, 0.5) is 0 Å². The topological polar surface area (TPSA) is 41.6 Å². The number of nitrogens with zero attached hydrogens (tertiary/aromatic N) is 2. The molecule has 3 nitrogen and oxygen atoms in total. The van der Waals surface area contributed by atoms with Crippen LogP contribution in [0.1, 0.15) is 11.6 Å². The maximum atomic E-state index is 5.49.